The molecule has 2 aromatic rings. The fraction of sp³-hybridized carbons (Fsp3) is 0.188. The van der Waals surface area contributed by atoms with Crippen LogP contribution in [0.4, 0.5) is 5.69 Å². The number of hydrogen-bond acceptors (Lipinski definition) is 4. The molecule has 0 heterocycles. The van der Waals surface area contributed by atoms with Gasteiger partial charge < -0.3 is 14.8 Å². The maximum absolute atomic E-state index is 12.1. The number of halogens is 1. The van der Waals surface area contributed by atoms with Crippen LogP contribution in [0, 0.1) is 0 Å². The second kappa shape index (κ2) is 7.13. The minimum atomic E-state index is -0.623. The molecule has 0 aliphatic heterocycles. The molecule has 5 heteroatoms. The van der Waals surface area contributed by atoms with Gasteiger partial charge in [0.1, 0.15) is 5.75 Å². The summed E-state index contributed by atoms with van der Waals surface area (Å²) in [7, 11) is 2.96. The second-order valence-corrected chi connectivity index (χ2v) is 5.18. The summed E-state index contributed by atoms with van der Waals surface area (Å²) in [5, 5.41) is 3.18. The zero-order valence-electron chi connectivity index (χ0n) is 11.8. The Morgan fingerprint density at radius 2 is 1.76 bits per heavy atom. The van der Waals surface area contributed by atoms with Gasteiger partial charge >= 0.3 is 5.97 Å². The molecule has 0 radical (unpaired) electrons. The summed E-state index contributed by atoms with van der Waals surface area (Å²) in [4.78, 5) is 12.1. The van der Waals surface area contributed by atoms with Crippen molar-refractivity contribution in [2.75, 3.05) is 19.5 Å². The van der Waals surface area contributed by atoms with E-state index in [1.54, 1.807) is 7.11 Å². The van der Waals surface area contributed by atoms with Crippen molar-refractivity contribution in [1.82, 2.24) is 0 Å². The van der Waals surface area contributed by atoms with Crippen LogP contribution in [0.3, 0.4) is 0 Å². The zero-order valence-corrected chi connectivity index (χ0v) is 13.4. The first-order valence-electron chi connectivity index (χ1n) is 6.39. The maximum Gasteiger partial charge on any atom is 0.333 e. The SMILES string of the molecule is COC(=O)C(Nc1ccccc1OC)c1ccccc1Br. The summed E-state index contributed by atoms with van der Waals surface area (Å²) in [6.45, 7) is 0. The Hall–Kier alpha value is -2.01. The molecule has 1 N–H and O–H groups in total. The minimum absolute atomic E-state index is 0.368. The first-order chi connectivity index (χ1) is 10.2. The van der Waals surface area contributed by atoms with E-state index in [9.17, 15) is 4.79 Å². The second-order valence-electron chi connectivity index (χ2n) is 4.32. The van der Waals surface area contributed by atoms with Crippen LogP contribution in [0.25, 0.3) is 0 Å². The summed E-state index contributed by atoms with van der Waals surface area (Å²) in [6, 6.07) is 14.3. The summed E-state index contributed by atoms with van der Waals surface area (Å²) in [6.07, 6.45) is 0. The van der Waals surface area contributed by atoms with Crippen molar-refractivity contribution in [3.05, 3.63) is 58.6 Å². The highest BCUT2D eigenvalue weighted by Crippen LogP contribution is 2.31. The lowest BCUT2D eigenvalue weighted by Gasteiger charge is -2.20. The van der Waals surface area contributed by atoms with Gasteiger partial charge in [-0.1, -0.05) is 46.3 Å². The average Bonchev–Trinajstić information content (AvgIpc) is 2.53. The number of esters is 1. The molecule has 0 fully saturated rings. The Morgan fingerprint density at radius 1 is 1.10 bits per heavy atom. The van der Waals surface area contributed by atoms with E-state index in [-0.39, 0.29) is 5.97 Å². The largest absolute Gasteiger partial charge is 0.495 e. The molecule has 0 spiro atoms. The molecule has 0 saturated carbocycles. The highest BCUT2D eigenvalue weighted by Gasteiger charge is 2.24. The molecule has 1 unspecified atom stereocenters. The number of methoxy groups -OCH3 is 2. The predicted molar refractivity (Wildman–Crippen MR) is 85.5 cm³/mol. The van der Waals surface area contributed by atoms with E-state index >= 15 is 0 Å². The molecular formula is C16H16BrNO3. The van der Waals surface area contributed by atoms with Crippen molar-refractivity contribution >= 4 is 27.6 Å². The summed E-state index contributed by atoms with van der Waals surface area (Å²) < 4.78 is 11.0. The molecule has 0 saturated heterocycles. The third kappa shape index (κ3) is 3.55. The maximum atomic E-state index is 12.1. The zero-order chi connectivity index (χ0) is 15.2. The van der Waals surface area contributed by atoms with Gasteiger partial charge in [0.15, 0.2) is 6.04 Å². The standard InChI is InChI=1S/C16H16BrNO3/c1-20-14-10-6-5-9-13(14)18-15(16(19)21-2)11-7-3-4-8-12(11)17/h3-10,15,18H,1-2H3. The molecule has 0 aromatic heterocycles. The van der Waals surface area contributed by atoms with Gasteiger partial charge in [-0.25, -0.2) is 4.79 Å². The van der Waals surface area contributed by atoms with Gasteiger partial charge in [0.2, 0.25) is 0 Å². The number of hydrogen-bond donors (Lipinski definition) is 1. The van der Waals surface area contributed by atoms with Gasteiger partial charge in [0, 0.05) is 4.47 Å². The van der Waals surface area contributed by atoms with Crippen LogP contribution in [0.15, 0.2) is 53.0 Å². The number of nitrogens with one attached hydrogen (secondary N) is 1. The molecule has 0 aliphatic rings. The predicted octanol–water partition coefficient (Wildman–Crippen LogP) is 3.78. The fourth-order valence-electron chi connectivity index (χ4n) is 2.01. The number of ether oxygens (including phenoxy) is 2. The number of carbonyl (C=O) groups is 1. The Bertz CT molecular complexity index is 630. The molecule has 21 heavy (non-hydrogen) atoms. The lowest BCUT2D eigenvalue weighted by molar-refractivity contribution is -0.141. The van der Waals surface area contributed by atoms with E-state index in [1.165, 1.54) is 7.11 Å². The van der Waals surface area contributed by atoms with Crippen LogP contribution in [0.1, 0.15) is 11.6 Å². The van der Waals surface area contributed by atoms with Crippen molar-refractivity contribution in [2.24, 2.45) is 0 Å². The Morgan fingerprint density at radius 3 is 2.43 bits per heavy atom. The number of para-hydroxylation sites is 2. The minimum Gasteiger partial charge on any atom is -0.495 e. The Balaban J connectivity index is 2.38. The number of anilines is 1. The highest BCUT2D eigenvalue weighted by atomic mass is 79.9. The Kier molecular flexibility index (Phi) is 5.22. The van der Waals surface area contributed by atoms with Crippen molar-refractivity contribution in [3.63, 3.8) is 0 Å². The molecule has 2 rings (SSSR count). The molecule has 4 nitrogen and oxygen atoms in total. The van der Waals surface area contributed by atoms with E-state index < -0.39 is 6.04 Å². The average molecular weight is 350 g/mol. The van der Waals surface area contributed by atoms with Crippen molar-refractivity contribution in [1.29, 1.82) is 0 Å². The van der Waals surface area contributed by atoms with Crippen molar-refractivity contribution in [2.45, 2.75) is 6.04 Å². The molecule has 0 amide bonds. The van der Waals surface area contributed by atoms with E-state index in [4.69, 9.17) is 9.47 Å². The van der Waals surface area contributed by atoms with E-state index in [1.807, 2.05) is 48.5 Å². The molecule has 2 aromatic carbocycles. The Labute approximate surface area is 132 Å². The first kappa shape index (κ1) is 15.4. The fourth-order valence-corrected chi connectivity index (χ4v) is 2.52. The normalized spacial score (nSPS) is 11.6. The summed E-state index contributed by atoms with van der Waals surface area (Å²) in [5.41, 5.74) is 1.53. The number of benzene rings is 2. The van der Waals surface area contributed by atoms with Crippen LogP contribution < -0.4 is 10.1 Å². The van der Waals surface area contributed by atoms with Gasteiger partial charge in [0.25, 0.3) is 0 Å². The molecular weight excluding hydrogens is 334 g/mol. The first-order valence-corrected chi connectivity index (χ1v) is 7.18. The molecule has 0 aliphatic carbocycles. The van der Waals surface area contributed by atoms with Gasteiger partial charge in [-0.05, 0) is 23.8 Å². The van der Waals surface area contributed by atoms with E-state index in [2.05, 4.69) is 21.2 Å². The third-order valence-corrected chi connectivity index (χ3v) is 3.78. The van der Waals surface area contributed by atoms with Crippen molar-refractivity contribution in [3.8, 4) is 5.75 Å². The van der Waals surface area contributed by atoms with Crippen LogP contribution in [0.2, 0.25) is 0 Å². The van der Waals surface area contributed by atoms with E-state index in [0.717, 1.165) is 15.7 Å². The third-order valence-electron chi connectivity index (χ3n) is 3.06. The topological polar surface area (TPSA) is 47.6 Å². The van der Waals surface area contributed by atoms with Crippen LogP contribution in [-0.2, 0) is 9.53 Å². The lowest BCUT2D eigenvalue weighted by Crippen LogP contribution is -2.23. The smallest absolute Gasteiger partial charge is 0.333 e. The summed E-state index contributed by atoms with van der Waals surface area (Å²) in [5.74, 6) is 0.297. The van der Waals surface area contributed by atoms with Crippen LogP contribution >= 0.6 is 15.9 Å². The van der Waals surface area contributed by atoms with Gasteiger partial charge in [-0.15, -0.1) is 0 Å². The number of carbonyl (C=O) groups excluding carboxylic acids is 1. The van der Waals surface area contributed by atoms with Gasteiger partial charge in [0.05, 0.1) is 19.9 Å². The molecule has 0 bridgehead atoms. The van der Waals surface area contributed by atoms with Crippen molar-refractivity contribution < 1.29 is 14.3 Å². The highest BCUT2D eigenvalue weighted by molar-refractivity contribution is 9.10. The molecule has 110 valence electrons. The monoisotopic (exact) mass is 349 g/mol. The number of rotatable bonds is 5. The van der Waals surface area contributed by atoms with Crippen LogP contribution in [0.5, 0.6) is 5.75 Å². The van der Waals surface area contributed by atoms with E-state index in [0.29, 0.717) is 5.75 Å². The lowest BCUT2D eigenvalue weighted by atomic mass is 10.1. The molecule has 1 atom stereocenters. The summed E-state index contributed by atoms with van der Waals surface area (Å²) >= 11 is 3.46. The quantitative estimate of drug-likeness (QED) is 0.834. The van der Waals surface area contributed by atoms with Crippen LogP contribution in [-0.4, -0.2) is 20.2 Å². The van der Waals surface area contributed by atoms with Gasteiger partial charge in [-0.2, -0.15) is 0 Å². The van der Waals surface area contributed by atoms with Gasteiger partial charge in [-0.3, -0.25) is 0 Å².